The fourth-order valence-corrected chi connectivity index (χ4v) is 6.28. The number of hydrogen-bond acceptors (Lipinski definition) is 8. The number of hydrogen-bond donors (Lipinski definition) is 1. The van der Waals surface area contributed by atoms with Crippen molar-refractivity contribution < 1.29 is 24.1 Å². The monoisotopic (exact) mass is 661 g/mol. The van der Waals surface area contributed by atoms with Gasteiger partial charge in [-0.15, -0.1) is 0 Å². The molecule has 1 N–H and O–H groups in total. The Labute approximate surface area is 287 Å². The number of amidine groups is 1. The number of aliphatic hydroxyl groups is 1. The van der Waals surface area contributed by atoms with E-state index < -0.39 is 24.0 Å². The molecule has 0 aliphatic carbocycles. The zero-order valence-corrected chi connectivity index (χ0v) is 28.8. The van der Waals surface area contributed by atoms with Gasteiger partial charge in [-0.1, -0.05) is 66.7 Å². The van der Waals surface area contributed by atoms with Crippen molar-refractivity contribution in [2.45, 2.75) is 44.3 Å². The number of benzene rings is 3. The average Bonchev–Trinajstić information content (AvgIpc) is 3.69. The van der Waals surface area contributed by atoms with Crippen LogP contribution in [0.1, 0.15) is 48.8 Å². The van der Waals surface area contributed by atoms with E-state index in [-0.39, 0.29) is 6.61 Å². The summed E-state index contributed by atoms with van der Waals surface area (Å²) < 4.78 is 26.6. The number of rotatable bonds is 11. The van der Waals surface area contributed by atoms with Crippen molar-refractivity contribution in [3.8, 4) is 11.5 Å². The van der Waals surface area contributed by atoms with Crippen LogP contribution in [0.3, 0.4) is 0 Å². The Morgan fingerprint density at radius 3 is 2.14 bits per heavy atom. The molecule has 1 aliphatic rings. The predicted molar refractivity (Wildman–Crippen MR) is 191 cm³/mol. The molecule has 6 rings (SSSR count). The summed E-state index contributed by atoms with van der Waals surface area (Å²) in [7, 11) is 7.19. The van der Waals surface area contributed by atoms with Crippen LogP contribution in [0.15, 0.2) is 102 Å². The smallest absolute Gasteiger partial charge is 0.167 e. The largest absolute Gasteiger partial charge is 0.497 e. The highest BCUT2D eigenvalue weighted by atomic mass is 16.6. The molecule has 0 saturated carbocycles. The van der Waals surface area contributed by atoms with E-state index in [1.807, 2.05) is 122 Å². The minimum absolute atomic E-state index is 0.109. The van der Waals surface area contributed by atoms with Gasteiger partial charge in [-0.25, -0.2) is 15.0 Å². The first-order chi connectivity index (χ1) is 23.8. The highest BCUT2D eigenvalue weighted by molar-refractivity contribution is 5.96. The maximum atomic E-state index is 11.5. The zero-order chi connectivity index (χ0) is 34.5. The van der Waals surface area contributed by atoms with Gasteiger partial charge in [0.15, 0.2) is 5.82 Å². The maximum absolute atomic E-state index is 11.5. The maximum Gasteiger partial charge on any atom is 0.167 e. The lowest BCUT2D eigenvalue weighted by Crippen LogP contribution is -2.38. The van der Waals surface area contributed by atoms with Crippen molar-refractivity contribution in [3.05, 3.63) is 120 Å². The molecule has 1 saturated heterocycles. The van der Waals surface area contributed by atoms with E-state index in [0.29, 0.717) is 17.9 Å². The molecule has 1 aliphatic heterocycles. The molecule has 3 aromatic carbocycles. The second-order valence-electron chi connectivity index (χ2n) is 12.2. The van der Waals surface area contributed by atoms with Crippen LogP contribution in [-0.4, -0.2) is 77.5 Å². The summed E-state index contributed by atoms with van der Waals surface area (Å²) >= 11 is 0. The summed E-state index contributed by atoms with van der Waals surface area (Å²) in [6.07, 6.45) is 5.95. The third kappa shape index (κ3) is 6.67. The number of nitrogens with zero attached hydrogens (tertiary/aromatic N) is 5. The lowest BCUT2D eigenvalue weighted by molar-refractivity contribution is -0.0930. The number of aromatic nitrogens is 3. The summed E-state index contributed by atoms with van der Waals surface area (Å²) in [6, 6.07) is 25.8. The van der Waals surface area contributed by atoms with Crippen LogP contribution in [0, 0.1) is 0 Å². The Balaban J connectivity index is 1.37. The molecule has 0 spiro atoms. The third-order valence-corrected chi connectivity index (χ3v) is 9.03. The Morgan fingerprint density at radius 1 is 0.959 bits per heavy atom. The fourth-order valence-electron chi connectivity index (χ4n) is 6.28. The molecular formula is C39H43N5O5. The molecule has 10 nitrogen and oxygen atoms in total. The van der Waals surface area contributed by atoms with E-state index in [2.05, 4.69) is 22.1 Å². The minimum atomic E-state index is -1.04. The van der Waals surface area contributed by atoms with Crippen molar-refractivity contribution >= 4 is 28.8 Å². The van der Waals surface area contributed by atoms with Gasteiger partial charge in [0.1, 0.15) is 47.2 Å². The number of aliphatic hydroxyl groups excluding tert-OH is 1. The zero-order valence-electron chi connectivity index (χ0n) is 28.8. The van der Waals surface area contributed by atoms with Crippen molar-refractivity contribution in [3.63, 3.8) is 0 Å². The summed E-state index contributed by atoms with van der Waals surface area (Å²) in [5.41, 5.74) is 3.30. The van der Waals surface area contributed by atoms with E-state index in [1.54, 1.807) is 14.2 Å². The first-order valence-electron chi connectivity index (χ1n) is 16.3. The van der Waals surface area contributed by atoms with Crippen LogP contribution in [0.5, 0.6) is 11.5 Å². The molecule has 3 heterocycles. The van der Waals surface area contributed by atoms with E-state index >= 15 is 0 Å². The van der Waals surface area contributed by atoms with Crippen molar-refractivity contribution in [1.29, 1.82) is 0 Å². The summed E-state index contributed by atoms with van der Waals surface area (Å²) in [5.74, 6) is 2.87. The van der Waals surface area contributed by atoms with Gasteiger partial charge in [-0.05, 0) is 54.8 Å². The van der Waals surface area contributed by atoms with Gasteiger partial charge < -0.3 is 33.5 Å². The minimum Gasteiger partial charge on any atom is -0.497 e. The predicted octanol–water partition coefficient (Wildman–Crippen LogP) is 6.75. The van der Waals surface area contributed by atoms with Crippen molar-refractivity contribution in [2.24, 2.45) is 4.99 Å². The Morgan fingerprint density at radius 2 is 1.57 bits per heavy atom. The normalized spacial score (nSPS) is 18.3. The molecule has 3 atom stereocenters. The molecule has 10 heteroatoms. The van der Waals surface area contributed by atoms with Gasteiger partial charge in [-0.2, -0.15) is 0 Å². The van der Waals surface area contributed by atoms with Gasteiger partial charge >= 0.3 is 0 Å². The second kappa shape index (κ2) is 14.6. The lowest BCUT2D eigenvalue weighted by Gasteiger charge is -2.37. The van der Waals surface area contributed by atoms with E-state index in [1.165, 1.54) is 6.33 Å². The fraction of sp³-hybridized carbons (Fsp3) is 0.308. The first kappa shape index (κ1) is 33.9. The van der Waals surface area contributed by atoms with Crippen LogP contribution < -0.4 is 9.47 Å². The summed E-state index contributed by atoms with van der Waals surface area (Å²) in [6.45, 7) is 4.02. The molecule has 0 bridgehead atoms. The SMILES string of the molecule is C/C=C/c1cn([C@H]2C[C@H](O)[C@@H](COC(c3ccccc3)(c3ccc(OC)cc3)c3ccc(OC)cc3)O2)c2ncnc(/N=C(\C)N(C)C)c12. The van der Waals surface area contributed by atoms with Gasteiger partial charge in [0, 0.05) is 32.3 Å². The molecular weight excluding hydrogens is 618 g/mol. The molecule has 0 amide bonds. The van der Waals surface area contributed by atoms with Crippen LogP contribution in [0.25, 0.3) is 17.1 Å². The van der Waals surface area contributed by atoms with E-state index in [9.17, 15) is 5.11 Å². The van der Waals surface area contributed by atoms with Crippen LogP contribution in [-0.2, 0) is 15.1 Å². The highest BCUT2D eigenvalue weighted by Gasteiger charge is 2.42. The van der Waals surface area contributed by atoms with Crippen molar-refractivity contribution in [1.82, 2.24) is 19.4 Å². The quantitative estimate of drug-likeness (QED) is 0.0943. The van der Waals surface area contributed by atoms with E-state index in [0.717, 1.165) is 45.0 Å². The standard InChI is InChI=1S/C39H43N5O5/c1-7-11-27-23-44(38-36(27)37(40-25-41-38)42-26(2)43(3)4)35-22-33(45)34(49-35)24-48-39(28-12-9-8-10-13-28,29-14-18-31(46-5)19-15-29)30-16-20-32(47-6)21-17-30/h7-21,23,25,33-35,45H,22,24H2,1-6H3/b11-7+,42-26+/t33-,34+,35+/m0/s1. The molecule has 1 fully saturated rings. The summed E-state index contributed by atoms with van der Waals surface area (Å²) in [4.78, 5) is 15.9. The molecule has 254 valence electrons. The number of fused-ring (bicyclic) bond motifs is 1. The van der Waals surface area contributed by atoms with Crippen LogP contribution in [0.2, 0.25) is 0 Å². The molecule has 0 radical (unpaired) electrons. The Bertz CT molecular complexity index is 1870. The Kier molecular flexibility index (Phi) is 10.1. The Hall–Kier alpha value is -5.03. The third-order valence-electron chi connectivity index (χ3n) is 9.03. The van der Waals surface area contributed by atoms with Gasteiger partial charge in [0.25, 0.3) is 0 Å². The molecule has 49 heavy (non-hydrogen) atoms. The molecule has 0 unspecified atom stereocenters. The topological polar surface area (TPSA) is 103 Å². The van der Waals surface area contributed by atoms with Gasteiger partial charge in [-0.3, -0.25) is 0 Å². The van der Waals surface area contributed by atoms with Gasteiger partial charge in [0.2, 0.25) is 0 Å². The van der Waals surface area contributed by atoms with Crippen LogP contribution >= 0.6 is 0 Å². The highest BCUT2D eigenvalue weighted by Crippen LogP contribution is 2.43. The summed E-state index contributed by atoms with van der Waals surface area (Å²) in [5, 5.41) is 12.3. The van der Waals surface area contributed by atoms with Crippen molar-refractivity contribution in [2.75, 3.05) is 34.9 Å². The molecule has 2 aromatic heterocycles. The second-order valence-corrected chi connectivity index (χ2v) is 12.2. The number of methoxy groups -OCH3 is 2. The van der Waals surface area contributed by atoms with Crippen LogP contribution in [0.4, 0.5) is 5.82 Å². The number of aliphatic imine (C=N–C) groups is 1. The number of allylic oxidation sites excluding steroid dienone is 1. The first-order valence-corrected chi connectivity index (χ1v) is 16.3. The molecule has 5 aromatic rings. The van der Waals surface area contributed by atoms with E-state index in [4.69, 9.17) is 23.9 Å². The van der Waals surface area contributed by atoms with Gasteiger partial charge in [0.05, 0.1) is 32.3 Å². The average molecular weight is 662 g/mol. The lowest BCUT2D eigenvalue weighted by atomic mass is 9.80. The number of ether oxygens (including phenoxy) is 4.